The van der Waals surface area contributed by atoms with Gasteiger partial charge in [-0.05, 0) is 20.8 Å². The van der Waals surface area contributed by atoms with Crippen LogP contribution in [-0.4, -0.2) is 30.3 Å². The first-order chi connectivity index (χ1) is 6.88. The van der Waals surface area contributed by atoms with Crippen molar-refractivity contribution >= 4 is 11.9 Å². The average molecular weight is 232 g/mol. The van der Waals surface area contributed by atoms with Crippen molar-refractivity contribution in [2.75, 3.05) is 6.61 Å². The van der Waals surface area contributed by atoms with Crippen LogP contribution in [0.15, 0.2) is 0 Å². The van der Waals surface area contributed by atoms with Gasteiger partial charge in [0, 0.05) is 0 Å². The number of carbonyl (C=O) groups excluding carboxylic acids is 2. The molecule has 0 fully saturated rings. The molecule has 1 rings (SSSR count). The standard InChI is InChI=1S/C9H15O4.C2H6.CH3/c1-6-11-5-7(12-6)8(10)13-9(2,3)4;1-2;/h7H,5H2,1-4H3;1-2H3;1H3/q+1;;-1. The van der Waals surface area contributed by atoms with Gasteiger partial charge in [0.15, 0.2) is 0 Å². The van der Waals surface area contributed by atoms with Gasteiger partial charge in [-0.25, -0.2) is 4.79 Å². The van der Waals surface area contributed by atoms with Crippen LogP contribution in [0.1, 0.15) is 41.5 Å². The van der Waals surface area contributed by atoms with Crippen molar-refractivity contribution in [1.82, 2.24) is 0 Å². The van der Waals surface area contributed by atoms with Crippen molar-refractivity contribution in [2.45, 2.75) is 53.2 Å². The number of esters is 2. The fraction of sp³-hybridized carbons (Fsp3) is 0.750. The lowest BCUT2D eigenvalue weighted by atomic mass is 10.2. The highest BCUT2D eigenvalue weighted by Gasteiger charge is 2.39. The van der Waals surface area contributed by atoms with E-state index in [-0.39, 0.29) is 20.0 Å². The molecule has 16 heavy (non-hydrogen) atoms. The molecule has 1 atom stereocenters. The minimum atomic E-state index is -0.598. The summed E-state index contributed by atoms with van der Waals surface area (Å²) in [5, 5.41) is 0. The molecule has 4 nitrogen and oxygen atoms in total. The summed E-state index contributed by atoms with van der Waals surface area (Å²) in [5.41, 5.74) is -0.475. The molecular formula is C12H24O4. The fourth-order valence-corrected chi connectivity index (χ4v) is 0.945. The van der Waals surface area contributed by atoms with Crippen LogP contribution in [0.5, 0.6) is 0 Å². The van der Waals surface area contributed by atoms with Crippen LogP contribution in [-0.2, 0) is 18.7 Å². The lowest BCUT2D eigenvalue weighted by Crippen LogP contribution is -2.33. The van der Waals surface area contributed by atoms with Crippen molar-refractivity contribution in [3.63, 3.8) is 0 Å². The van der Waals surface area contributed by atoms with E-state index in [1.54, 1.807) is 6.92 Å². The quantitative estimate of drug-likeness (QED) is 0.396. The summed E-state index contributed by atoms with van der Waals surface area (Å²) in [6.45, 7) is 11.4. The largest absolute Gasteiger partial charge is 0.482 e. The van der Waals surface area contributed by atoms with Crippen LogP contribution >= 0.6 is 0 Å². The predicted molar refractivity (Wildman–Crippen MR) is 64.0 cm³/mol. The first-order valence-corrected chi connectivity index (χ1v) is 5.24. The van der Waals surface area contributed by atoms with Crippen molar-refractivity contribution < 1.29 is 18.7 Å². The number of rotatable bonds is 1. The maximum Gasteiger partial charge on any atom is 0.482 e. The number of carbonyl (C=O) groups is 1. The van der Waals surface area contributed by atoms with Gasteiger partial charge in [-0.1, -0.05) is 13.8 Å². The highest BCUT2D eigenvalue weighted by molar-refractivity contribution is 5.80. The molecule has 0 radical (unpaired) electrons. The number of hydrogen-bond acceptors (Lipinski definition) is 3. The maximum absolute atomic E-state index is 11.4. The van der Waals surface area contributed by atoms with Gasteiger partial charge in [0.25, 0.3) is 6.61 Å². The van der Waals surface area contributed by atoms with Crippen LogP contribution in [0, 0.1) is 7.43 Å². The van der Waals surface area contributed by atoms with Crippen molar-refractivity contribution in [3.05, 3.63) is 7.43 Å². The van der Waals surface area contributed by atoms with Crippen LogP contribution < -0.4 is 0 Å². The van der Waals surface area contributed by atoms with E-state index in [0.717, 1.165) is 0 Å². The predicted octanol–water partition coefficient (Wildman–Crippen LogP) is 2.29. The third-order valence-corrected chi connectivity index (χ3v) is 1.42. The second-order valence-corrected chi connectivity index (χ2v) is 3.94. The fourth-order valence-electron chi connectivity index (χ4n) is 0.945. The monoisotopic (exact) mass is 232 g/mol. The third kappa shape index (κ3) is 6.43. The van der Waals surface area contributed by atoms with Gasteiger partial charge in [0.1, 0.15) is 5.60 Å². The molecule has 0 aromatic rings. The van der Waals surface area contributed by atoms with Crippen LogP contribution in [0.4, 0.5) is 0 Å². The topological polar surface area (TPSA) is 46.8 Å². The molecule has 1 unspecified atom stereocenters. The zero-order chi connectivity index (χ0) is 12.1. The van der Waals surface area contributed by atoms with Gasteiger partial charge in [-0.15, -0.1) is 0 Å². The van der Waals surface area contributed by atoms with E-state index in [4.69, 9.17) is 13.9 Å². The van der Waals surface area contributed by atoms with Gasteiger partial charge in [0.05, 0.1) is 6.92 Å². The van der Waals surface area contributed by atoms with E-state index in [0.29, 0.717) is 5.97 Å². The van der Waals surface area contributed by atoms with Crippen molar-refractivity contribution in [3.8, 4) is 0 Å². The zero-order valence-corrected chi connectivity index (χ0v) is 11.4. The van der Waals surface area contributed by atoms with Crippen LogP contribution in [0.2, 0.25) is 0 Å². The molecule has 0 aliphatic carbocycles. The van der Waals surface area contributed by atoms with E-state index in [9.17, 15) is 4.79 Å². The first-order valence-electron chi connectivity index (χ1n) is 5.24. The van der Waals surface area contributed by atoms with Gasteiger partial charge >= 0.3 is 18.0 Å². The lowest BCUT2D eigenvalue weighted by molar-refractivity contribution is -0.448. The van der Waals surface area contributed by atoms with Gasteiger partial charge in [-0.2, -0.15) is 0 Å². The molecule has 0 saturated carbocycles. The third-order valence-electron chi connectivity index (χ3n) is 1.42. The molecule has 0 aromatic carbocycles. The number of hydrogen-bond donors (Lipinski definition) is 0. The summed E-state index contributed by atoms with van der Waals surface area (Å²) in [6.07, 6.45) is -0.598. The van der Waals surface area contributed by atoms with Gasteiger partial charge < -0.3 is 16.6 Å². The molecule has 0 N–H and O–H groups in total. The number of ether oxygens (including phenoxy) is 2. The Morgan fingerprint density at radius 3 is 2.25 bits per heavy atom. The Morgan fingerprint density at radius 1 is 1.44 bits per heavy atom. The van der Waals surface area contributed by atoms with Crippen LogP contribution in [0.25, 0.3) is 0 Å². The molecule has 0 amide bonds. The molecular weight excluding hydrogens is 208 g/mol. The summed E-state index contributed by atoms with van der Waals surface area (Å²) in [7, 11) is 0. The van der Waals surface area contributed by atoms with Crippen molar-refractivity contribution in [2.24, 2.45) is 0 Å². The molecule has 1 aliphatic rings. The first kappa shape index (κ1) is 17.3. The normalized spacial score (nSPS) is 18.4. The van der Waals surface area contributed by atoms with E-state index in [1.807, 2.05) is 34.6 Å². The zero-order valence-electron chi connectivity index (χ0n) is 11.4. The highest BCUT2D eigenvalue weighted by atomic mass is 16.7. The molecule has 96 valence electrons. The molecule has 0 bridgehead atoms. The van der Waals surface area contributed by atoms with E-state index in [2.05, 4.69) is 0 Å². The Balaban J connectivity index is 0. The second kappa shape index (κ2) is 7.25. The lowest BCUT2D eigenvalue weighted by Gasteiger charge is -2.19. The van der Waals surface area contributed by atoms with Crippen molar-refractivity contribution in [1.29, 1.82) is 0 Å². The molecule has 4 heteroatoms. The Kier molecular flexibility index (Phi) is 7.86. The summed E-state index contributed by atoms with van der Waals surface area (Å²) in [5.74, 6) is 0.0557. The summed E-state index contributed by atoms with van der Waals surface area (Å²) in [4.78, 5) is 11.4. The number of cyclic esters (lactones) is 1. The minimum Gasteiger partial charge on any atom is -0.455 e. The summed E-state index contributed by atoms with van der Waals surface area (Å²) >= 11 is 0. The van der Waals surface area contributed by atoms with Crippen LogP contribution in [0.3, 0.4) is 0 Å². The molecule has 1 aliphatic heterocycles. The van der Waals surface area contributed by atoms with Gasteiger partial charge in [0.2, 0.25) is 0 Å². The Morgan fingerprint density at radius 2 is 1.94 bits per heavy atom. The maximum atomic E-state index is 11.4. The average Bonchev–Trinajstić information content (AvgIpc) is 2.52. The van der Waals surface area contributed by atoms with E-state index < -0.39 is 11.7 Å². The van der Waals surface area contributed by atoms with E-state index in [1.165, 1.54) is 0 Å². The second-order valence-electron chi connectivity index (χ2n) is 3.94. The Hall–Kier alpha value is -1.06. The molecule has 0 aromatic heterocycles. The van der Waals surface area contributed by atoms with Gasteiger partial charge in [-0.3, -0.25) is 4.74 Å². The summed E-state index contributed by atoms with van der Waals surface area (Å²) < 4.78 is 15.2. The molecule has 0 spiro atoms. The van der Waals surface area contributed by atoms with E-state index >= 15 is 0 Å². The molecule has 0 saturated heterocycles. The molecule has 1 heterocycles. The Bertz CT molecular complexity index is 238. The highest BCUT2D eigenvalue weighted by Crippen LogP contribution is 2.11. The smallest absolute Gasteiger partial charge is 0.455 e. The Labute approximate surface area is 98.6 Å². The SMILES string of the molecule is CC.CC1=[O+]CC(C(=O)OC(C)(C)C)O1.[CH3-]. The minimum absolute atomic E-state index is 0. The summed E-state index contributed by atoms with van der Waals surface area (Å²) in [6, 6.07) is 0.